The number of piperidine rings is 2. The molecule has 1 aromatic rings. The minimum absolute atomic E-state index is 0.0401. The van der Waals surface area contributed by atoms with Gasteiger partial charge in [0.15, 0.2) is 0 Å². The minimum Gasteiger partial charge on any atom is -0.453 e. The predicted octanol–water partition coefficient (Wildman–Crippen LogP) is 2.21. The number of hydrogen-bond donors (Lipinski definition) is 0. The van der Waals surface area contributed by atoms with Crippen molar-refractivity contribution in [2.24, 2.45) is 0 Å². The number of pyridine rings is 1. The quantitative estimate of drug-likeness (QED) is 0.822. The van der Waals surface area contributed by atoms with Crippen molar-refractivity contribution in [2.75, 3.05) is 26.7 Å². The van der Waals surface area contributed by atoms with Gasteiger partial charge in [-0.1, -0.05) is 6.07 Å². The summed E-state index contributed by atoms with van der Waals surface area (Å²) in [5.74, 6) is 0.0401. The Balaban J connectivity index is 1.49. The van der Waals surface area contributed by atoms with Gasteiger partial charge in [-0.15, -0.1) is 0 Å². The number of methoxy groups -OCH3 is 1. The molecule has 3 rings (SSSR count). The van der Waals surface area contributed by atoms with Crippen LogP contribution >= 0.6 is 0 Å². The van der Waals surface area contributed by atoms with Crippen molar-refractivity contribution < 1.29 is 19.1 Å². The molecule has 0 spiro atoms. The molecule has 2 amide bonds. The van der Waals surface area contributed by atoms with Crippen molar-refractivity contribution in [1.82, 2.24) is 14.8 Å². The SMILES string of the molecule is COC(=O)N1CCCC[C@H]1C(=O)N1CCC(OCc2ccccn2)CC1. The first kappa shape index (κ1) is 18.6. The first-order valence-electron chi connectivity index (χ1n) is 9.34. The van der Waals surface area contributed by atoms with Gasteiger partial charge in [0.1, 0.15) is 6.04 Å². The number of carbonyl (C=O) groups excluding carboxylic acids is 2. The second-order valence-electron chi connectivity index (χ2n) is 6.83. The maximum atomic E-state index is 12.9. The van der Waals surface area contributed by atoms with Crippen molar-refractivity contribution in [1.29, 1.82) is 0 Å². The lowest BCUT2D eigenvalue weighted by Gasteiger charge is -2.39. The Bertz CT molecular complexity index is 602. The third-order valence-corrected chi connectivity index (χ3v) is 5.14. The first-order valence-corrected chi connectivity index (χ1v) is 9.34. The lowest BCUT2D eigenvalue weighted by molar-refractivity contribution is -0.140. The van der Waals surface area contributed by atoms with Crippen LogP contribution in [0.25, 0.3) is 0 Å². The van der Waals surface area contributed by atoms with Crippen LogP contribution in [0.4, 0.5) is 4.79 Å². The topological polar surface area (TPSA) is 72.0 Å². The zero-order chi connectivity index (χ0) is 18.4. The summed E-state index contributed by atoms with van der Waals surface area (Å²) >= 11 is 0. The molecule has 0 N–H and O–H groups in total. The van der Waals surface area contributed by atoms with Crippen molar-refractivity contribution in [3.05, 3.63) is 30.1 Å². The van der Waals surface area contributed by atoms with E-state index in [-0.39, 0.29) is 18.1 Å². The van der Waals surface area contributed by atoms with E-state index in [1.54, 1.807) is 11.1 Å². The highest BCUT2D eigenvalue weighted by Crippen LogP contribution is 2.23. The molecular formula is C19H27N3O4. The zero-order valence-electron chi connectivity index (χ0n) is 15.3. The molecule has 2 aliphatic heterocycles. The summed E-state index contributed by atoms with van der Waals surface area (Å²) in [6.45, 7) is 2.42. The largest absolute Gasteiger partial charge is 0.453 e. The maximum absolute atomic E-state index is 12.9. The van der Waals surface area contributed by atoms with E-state index in [0.717, 1.165) is 31.4 Å². The third-order valence-electron chi connectivity index (χ3n) is 5.14. The molecule has 2 aliphatic rings. The van der Waals surface area contributed by atoms with Crippen LogP contribution in [0.15, 0.2) is 24.4 Å². The smallest absolute Gasteiger partial charge is 0.410 e. The Morgan fingerprint density at radius 1 is 1.15 bits per heavy atom. The van der Waals surface area contributed by atoms with Gasteiger partial charge in [-0.05, 0) is 44.2 Å². The lowest BCUT2D eigenvalue weighted by Crippen LogP contribution is -2.54. The summed E-state index contributed by atoms with van der Waals surface area (Å²) in [5, 5.41) is 0. The van der Waals surface area contributed by atoms with Crippen LogP contribution in [0.5, 0.6) is 0 Å². The van der Waals surface area contributed by atoms with Gasteiger partial charge in [0.2, 0.25) is 5.91 Å². The standard InChI is InChI=1S/C19H27N3O4/c1-25-19(24)22-11-5-3-7-17(22)18(23)21-12-8-16(9-13-21)26-14-15-6-2-4-10-20-15/h2,4,6,10,16-17H,3,5,7-9,11-14H2,1H3/t17-/m0/s1. The second kappa shape index (κ2) is 8.98. The van der Waals surface area contributed by atoms with Gasteiger partial charge in [0.25, 0.3) is 0 Å². The molecule has 1 aromatic heterocycles. The van der Waals surface area contributed by atoms with E-state index >= 15 is 0 Å². The molecule has 0 aliphatic carbocycles. The average molecular weight is 361 g/mol. The van der Waals surface area contributed by atoms with E-state index in [0.29, 0.717) is 32.7 Å². The van der Waals surface area contributed by atoms with Gasteiger partial charge >= 0.3 is 6.09 Å². The highest BCUT2D eigenvalue weighted by molar-refractivity contribution is 5.86. The highest BCUT2D eigenvalue weighted by Gasteiger charge is 2.36. The van der Waals surface area contributed by atoms with E-state index in [2.05, 4.69) is 4.98 Å². The number of carbonyl (C=O) groups is 2. The van der Waals surface area contributed by atoms with Crippen LogP contribution in [0, 0.1) is 0 Å². The van der Waals surface area contributed by atoms with E-state index in [4.69, 9.17) is 9.47 Å². The van der Waals surface area contributed by atoms with Crippen LogP contribution in [0.3, 0.4) is 0 Å². The fourth-order valence-electron chi connectivity index (χ4n) is 3.66. The van der Waals surface area contributed by atoms with Crippen molar-refractivity contribution in [3.8, 4) is 0 Å². The molecule has 0 radical (unpaired) electrons. The fraction of sp³-hybridized carbons (Fsp3) is 0.632. The first-order chi connectivity index (χ1) is 12.7. The lowest BCUT2D eigenvalue weighted by atomic mass is 9.99. The van der Waals surface area contributed by atoms with Gasteiger partial charge in [-0.3, -0.25) is 14.7 Å². The molecular weight excluding hydrogens is 334 g/mol. The average Bonchev–Trinajstić information content (AvgIpc) is 2.72. The van der Waals surface area contributed by atoms with Crippen molar-refractivity contribution in [3.63, 3.8) is 0 Å². The van der Waals surface area contributed by atoms with Crippen molar-refractivity contribution >= 4 is 12.0 Å². The highest BCUT2D eigenvalue weighted by atomic mass is 16.5. The second-order valence-corrected chi connectivity index (χ2v) is 6.83. The third kappa shape index (κ3) is 4.52. The summed E-state index contributed by atoms with van der Waals surface area (Å²) < 4.78 is 10.8. The van der Waals surface area contributed by atoms with Gasteiger partial charge < -0.3 is 14.4 Å². The molecule has 142 valence electrons. The minimum atomic E-state index is -0.406. The molecule has 0 bridgehead atoms. The van der Waals surface area contributed by atoms with Crippen LogP contribution in [0.1, 0.15) is 37.8 Å². The Morgan fingerprint density at radius 3 is 2.65 bits per heavy atom. The van der Waals surface area contributed by atoms with E-state index < -0.39 is 6.09 Å². The van der Waals surface area contributed by atoms with Gasteiger partial charge in [-0.2, -0.15) is 0 Å². The number of amides is 2. The van der Waals surface area contributed by atoms with Gasteiger partial charge in [-0.25, -0.2) is 4.79 Å². The molecule has 0 unspecified atom stereocenters. The van der Waals surface area contributed by atoms with Crippen LogP contribution < -0.4 is 0 Å². The fourth-order valence-corrected chi connectivity index (χ4v) is 3.66. The molecule has 0 aromatic carbocycles. The monoisotopic (exact) mass is 361 g/mol. The van der Waals surface area contributed by atoms with E-state index in [1.165, 1.54) is 7.11 Å². The summed E-state index contributed by atoms with van der Waals surface area (Å²) in [4.78, 5) is 32.5. The Morgan fingerprint density at radius 2 is 1.96 bits per heavy atom. The molecule has 1 atom stereocenters. The Labute approximate surface area is 154 Å². The summed E-state index contributed by atoms with van der Waals surface area (Å²) in [6.07, 6.45) is 5.71. The predicted molar refractivity (Wildman–Crippen MR) is 95.4 cm³/mol. The van der Waals surface area contributed by atoms with Gasteiger partial charge in [0, 0.05) is 25.8 Å². The maximum Gasteiger partial charge on any atom is 0.410 e. The Kier molecular flexibility index (Phi) is 6.44. The summed E-state index contributed by atoms with van der Waals surface area (Å²) in [6, 6.07) is 5.39. The number of hydrogen-bond acceptors (Lipinski definition) is 5. The van der Waals surface area contributed by atoms with Crippen LogP contribution in [0.2, 0.25) is 0 Å². The Hall–Kier alpha value is -2.15. The molecule has 7 heteroatoms. The molecule has 0 saturated carbocycles. The molecule has 7 nitrogen and oxygen atoms in total. The van der Waals surface area contributed by atoms with Crippen LogP contribution in [-0.4, -0.2) is 65.7 Å². The van der Waals surface area contributed by atoms with Crippen LogP contribution in [-0.2, 0) is 20.9 Å². The summed E-state index contributed by atoms with van der Waals surface area (Å²) in [7, 11) is 1.36. The van der Waals surface area contributed by atoms with E-state index in [1.807, 2.05) is 23.1 Å². The van der Waals surface area contributed by atoms with Crippen molar-refractivity contribution in [2.45, 2.75) is 50.9 Å². The zero-order valence-corrected chi connectivity index (χ0v) is 15.3. The summed E-state index contributed by atoms with van der Waals surface area (Å²) in [5.41, 5.74) is 0.918. The van der Waals surface area contributed by atoms with E-state index in [9.17, 15) is 9.59 Å². The number of aromatic nitrogens is 1. The molecule has 26 heavy (non-hydrogen) atoms. The van der Waals surface area contributed by atoms with Gasteiger partial charge in [0.05, 0.1) is 25.5 Å². The normalized spacial score (nSPS) is 21.5. The molecule has 2 saturated heterocycles. The number of ether oxygens (including phenoxy) is 2. The molecule has 3 heterocycles. The number of rotatable bonds is 4. The molecule has 2 fully saturated rings. The number of nitrogens with zero attached hydrogens (tertiary/aromatic N) is 3. The number of likely N-dealkylation sites (tertiary alicyclic amines) is 2.